The van der Waals surface area contributed by atoms with Crippen molar-refractivity contribution in [1.82, 2.24) is 10.0 Å². The molecule has 3 N–H and O–H groups in total. The minimum atomic E-state index is -3.17. The summed E-state index contributed by atoms with van der Waals surface area (Å²) in [5.41, 5.74) is 2.07. The molecule has 19 heavy (non-hydrogen) atoms. The molecule has 1 unspecified atom stereocenters. The molecule has 1 aliphatic rings. The summed E-state index contributed by atoms with van der Waals surface area (Å²) in [4.78, 5) is 0. The molecule has 1 aromatic rings. The van der Waals surface area contributed by atoms with Crippen molar-refractivity contribution in [3.05, 3.63) is 29.3 Å². The zero-order chi connectivity index (χ0) is 13.9. The van der Waals surface area contributed by atoms with E-state index < -0.39 is 10.0 Å². The monoisotopic (exact) mass is 284 g/mol. The number of rotatable bonds is 6. The Labute approximate surface area is 114 Å². The molecule has 0 saturated heterocycles. The Hall–Kier alpha value is -1.11. The molecule has 0 saturated carbocycles. The van der Waals surface area contributed by atoms with Crippen molar-refractivity contribution >= 4 is 10.0 Å². The Balaban J connectivity index is 1.92. The molecule has 0 aromatic heterocycles. The van der Waals surface area contributed by atoms with Gasteiger partial charge in [0.05, 0.1) is 5.75 Å². The van der Waals surface area contributed by atoms with E-state index in [0.29, 0.717) is 18.8 Å². The molecule has 0 bridgehead atoms. The highest BCUT2D eigenvalue weighted by Crippen LogP contribution is 2.35. The highest BCUT2D eigenvalue weighted by atomic mass is 32.2. The van der Waals surface area contributed by atoms with Gasteiger partial charge in [0, 0.05) is 19.1 Å². The molecule has 0 spiro atoms. The van der Waals surface area contributed by atoms with E-state index in [0.717, 1.165) is 24.0 Å². The van der Waals surface area contributed by atoms with Gasteiger partial charge in [-0.15, -0.1) is 0 Å². The van der Waals surface area contributed by atoms with E-state index in [1.165, 1.54) is 0 Å². The van der Waals surface area contributed by atoms with E-state index in [1.54, 1.807) is 13.0 Å². The first kappa shape index (κ1) is 14.3. The third kappa shape index (κ3) is 3.46. The van der Waals surface area contributed by atoms with Crippen LogP contribution in [0.4, 0.5) is 0 Å². The summed E-state index contributed by atoms with van der Waals surface area (Å²) in [5, 5.41) is 13.0. The molecule has 1 atom stereocenters. The third-order valence-electron chi connectivity index (χ3n) is 3.37. The predicted octanol–water partition coefficient (Wildman–Crippen LogP) is 0.908. The van der Waals surface area contributed by atoms with Crippen LogP contribution in [-0.2, 0) is 16.4 Å². The Morgan fingerprint density at radius 1 is 1.42 bits per heavy atom. The second-order valence-corrected chi connectivity index (χ2v) is 6.63. The fourth-order valence-corrected chi connectivity index (χ4v) is 3.48. The van der Waals surface area contributed by atoms with Gasteiger partial charge in [-0.2, -0.15) is 0 Å². The van der Waals surface area contributed by atoms with Crippen molar-refractivity contribution in [2.24, 2.45) is 0 Å². The third-order valence-corrected chi connectivity index (χ3v) is 4.84. The van der Waals surface area contributed by atoms with E-state index in [9.17, 15) is 13.5 Å². The normalized spacial score (nSPS) is 18.5. The zero-order valence-electron chi connectivity index (χ0n) is 11.0. The molecule has 0 aliphatic heterocycles. The largest absolute Gasteiger partial charge is 0.508 e. The lowest BCUT2D eigenvalue weighted by atomic mass is 10.1. The van der Waals surface area contributed by atoms with Gasteiger partial charge >= 0.3 is 0 Å². The number of aromatic hydroxyl groups is 1. The summed E-state index contributed by atoms with van der Waals surface area (Å²) in [6, 6.07) is 5.64. The van der Waals surface area contributed by atoms with Gasteiger partial charge in [-0.05, 0) is 30.0 Å². The maximum Gasteiger partial charge on any atom is 0.212 e. The minimum absolute atomic E-state index is 0.0749. The van der Waals surface area contributed by atoms with Gasteiger partial charge in [-0.1, -0.05) is 19.1 Å². The Morgan fingerprint density at radius 2 is 2.21 bits per heavy atom. The van der Waals surface area contributed by atoms with E-state index in [4.69, 9.17) is 0 Å². The molecule has 106 valence electrons. The number of phenols is 1. The quantitative estimate of drug-likeness (QED) is 0.725. The van der Waals surface area contributed by atoms with Crippen LogP contribution in [-0.4, -0.2) is 32.4 Å². The molecular weight excluding hydrogens is 264 g/mol. The van der Waals surface area contributed by atoms with Crippen LogP contribution in [0, 0.1) is 0 Å². The summed E-state index contributed by atoms with van der Waals surface area (Å²) < 4.78 is 25.5. The maximum atomic E-state index is 11.5. The second kappa shape index (κ2) is 5.90. The molecule has 1 aliphatic carbocycles. The number of fused-ring (bicyclic) bond motifs is 1. The molecule has 0 amide bonds. The zero-order valence-corrected chi connectivity index (χ0v) is 11.8. The van der Waals surface area contributed by atoms with Gasteiger partial charge in [-0.25, -0.2) is 13.1 Å². The number of hydrogen-bond acceptors (Lipinski definition) is 4. The van der Waals surface area contributed by atoms with Crippen molar-refractivity contribution < 1.29 is 13.5 Å². The molecule has 1 aromatic carbocycles. The van der Waals surface area contributed by atoms with Gasteiger partial charge in [0.25, 0.3) is 0 Å². The van der Waals surface area contributed by atoms with Gasteiger partial charge in [0.15, 0.2) is 0 Å². The lowest BCUT2D eigenvalue weighted by molar-refractivity contribution is 0.469. The van der Waals surface area contributed by atoms with Crippen molar-refractivity contribution in [2.45, 2.75) is 25.8 Å². The standard InChI is InChI=1S/C13H20N2O3S/c1-2-15-19(17,18)9-8-14-12-7-6-11-10(12)4-3-5-13(11)16/h3-5,12,14-16H,2,6-9H2,1H3. The van der Waals surface area contributed by atoms with Crippen LogP contribution in [0.3, 0.4) is 0 Å². The van der Waals surface area contributed by atoms with Gasteiger partial charge in [0.1, 0.15) is 5.75 Å². The molecule has 2 rings (SSSR count). The minimum Gasteiger partial charge on any atom is -0.508 e. The lowest BCUT2D eigenvalue weighted by Gasteiger charge is -2.14. The second-order valence-electron chi connectivity index (χ2n) is 4.71. The molecule has 0 radical (unpaired) electrons. The molecule has 6 heteroatoms. The fourth-order valence-electron chi connectivity index (χ4n) is 2.51. The topological polar surface area (TPSA) is 78.4 Å². The first-order valence-corrected chi connectivity index (χ1v) is 8.20. The van der Waals surface area contributed by atoms with E-state index in [2.05, 4.69) is 10.0 Å². The average molecular weight is 284 g/mol. The van der Waals surface area contributed by atoms with Crippen LogP contribution in [0.5, 0.6) is 5.75 Å². The highest BCUT2D eigenvalue weighted by Gasteiger charge is 2.24. The number of phenolic OH excluding ortho intramolecular Hbond substituents is 1. The molecule has 0 heterocycles. The van der Waals surface area contributed by atoms with Gasteiger partial charge < -0.3 is 10.4 Å². The smallest absolute Gasteiger partial charge is 0.212 e. The van der Waals surface area contributed by atoms with Crippen molar-refractivity contribution in [1.29, 1.82) is 0 Å². The first-order valence-electron chi connectivity index (χ1n) is 6.55. The first-order chi connectivity index (χ1) is 9.03. The maximum absolute atomic E-state index is 11.5. The summed E-state index contributed by atoms with van der Waals surface area (Å²) in [5.74, 6) is 0.410. The van der Waals surface area contributed by atoms with Crippen LogP contribution in [0.25, 0.3) is 0 Å². The van der Waals surface area contributed by atoms with Crippen molar-refractivity contribution in [2.75, 3.05) is 18.8 Å². The van der Waals surface area contributed by atoms with Gasteiger partial charge in [0.2, 0.25) is 10.0 Å². The van der Waals surface area contributed by atoms with Crippen molar-refractivity contribution in [3.63, 3.8) is 0 Å². The van der Waals surface area contributed by atoms with Crippen LogP contribution in [0.15, 0.2) is 18.2 Å². The van der Waals surface area contributed by atoms with Crippen molar-refractivity contribution in [3.8, 4) is 5.75 Å². The number of benzene rings is 1. The highest BCUT2D eigenvalue weighted by molar-refractivity contribution is 7.89. The fraction of sp³-hybridized carbons (Fsp3) is 0.538. The van der Waals surface area contributed by atoms with Crippen LogP contribution >= 0.6 is 0 Å². The molecule has 5 nitrogen and oxygen atoms in total. The Morgan fingerprint density at radius 3 is 2.95 bits per heavy atom. The molecular formula is C13H20N2O3S. The predicted molar refractivity (Wildman–Crippen MR) is 74.6 cm³/mol. The Kier molecular flexibility index (Phi) is 4.44. The summed E-state index contributed by atoms with van der Waals surface area (Å²) in [6.07, 6.45) is 1.73. The van der Waals surface area contributed by atoms with E-state index in [1.807, 2.05) is 12.1 Å². The molecule has 0 fully saturated rings. The van der Waals surface area contributed by atoms with E-state index >= 15 is 0 Å². The number of sulfonamides is 1. The Bertz CT molecular complexity index is 543. The summed E-state index contributed by atoms with van der Waals surface area (Å²) in [7, 11) is -3.17. The SMILES string of the molecule is CCNS(=O)(=O)CCNC1CCc2c(O)cccc21. The summed E-state index contributed by atoms with van der Waals surface area (Å²) in [6.45, 7) is 2.60. The number of nitrogens with one attached hydrogen (secondary N) is 2. The van der Waals surface area contributed by atoms with Crippen LogP contribution in [0.1, 0.15) is 30.5 Å². The van der Waals surface area contributed by atoms with Crippen LogP contribution < -0.4 is 10.0 Å². The van der Waals surface area contributed by atoms with E-state index in [-0.39, 0.29) is 11.8 Å². The summed E-state index contributed by atoms with van der Waals surface area (Å²) >= 11 is 0. The van der Waals surface area contributed by atoms with Gasteiger partial charge in [-0.3, -0.25) is 0 Å². The van der Waals surface area contributed by atoms with Crippen LogP contribution in [0.2, 0.25) is 0 Å². The average Bonchev–Trinajstić information content (AvgIpc) is 2.74. The lowest BCUT2D eigenvalue weighted by Crippen LogP contribution is -2.32. The number of hydrogen-bond donors (Lipinski definition) is 3.